The van der Waals surface area contributed by atoms with Gasteiger partial charge in [0.1, 0.15) is 0 Å². The minimum atomic E-state index is 0.562. The number of hydrogen-bond donors (Lipinski definition) is 1. The van der Waals surface area contributed by atoms with E-state index >= 15 is 0 Å². The van der Waals surface area contributed by atoms with Crippen molar-refractivity contribution in [1.82, 2.24) is 15.5 Å². The third-order valence-corrected chi connectivity index (χ3v) is 2.24. The second kappa shape index (κ2) is 5.75. The van der Waals surface area contributed by atoms with Gasteiger partial charge >= 0.3 is 0 Å². The molecule has 0 saturated carbocycles. The molecule has 1 heterocycles. The summed E-state index contributed by atoms with van der Waals surface area (Å²) >= 11 is 0. The number of aryl methyl sites for hydroxylation is 1. The third kappa shape index (κ3) is 3.46. The molecule has 0 amide bonds. The van der Waals surface area contributed by atoms with E-state index < -0.39 is 0 Å². The highest BCUT2D eigenvalue weighted by Gasteiger charge is 2.07. The van der Waals surface area contributed by atoms with E-state index in [1.165, 1.54) is 12.8 Å². The van der Waals surface area contributed by atoms with Gasteiger partial charge in [0.05, 0.1) is 6.54 Å². The maximum Gasteiger partial charge on any atom is 0.240 e. The summed E-state index contributed by atoms with van der Waals surface area (Å²) < 4.78 is 5.01. The van der Waals surface area contributed by atoms with E-state index in [9.17, 15) is 0 Å². The third-order valence-electron chi connectivity index (χ3n) is 2.24. The Bertz CT molecular complexity index is 260. The average molecular weight is 197 g/mol. The van der Waals surface area contributed by atoms with Crippen LogP contribution in [0.3, 0.4) is 0 Å². The van der Waals surface area contributed by atoms with Crippen molar-refractivity contribution >= 4 is 0 Å². The quantitative estimate of drug-likeness (QED) is 0.758. The van der Waals surface area contributed by atoms with E-state index in [1.807, 2.05) is 6.92 Å². The molecule has 4 heteroatoms. The Kier molecular flexibility index (Phi) is 4.59. The van der Waals surface area contributed by atoms with Gasteiger partial charge in [-0.2, -0.15) is 4.98 Å². The normalized spacial score (nSPS) is 13.1. The molecule has 0 radical (unpaired) electrons. The van der Waals surface area contributed by atoms with E-state index in [1.54, 1.807) is 0 Å². The Hall–Kier alpha value is -0.900. The van der Waals surface area contributed by atoms with Crippen LogP contribution in [-0.4, -0.2) is 16.2 Å². The Balaban J connectivity index is 2.31. The lowest BCUT2D eigenvalue weighted by atomic mass is 10.1. The topological polar surface area (TPSA) is 51.0 Å². The molecule has 0 aromatic carbocycles. The van der Waals surface area contributed by atoms with E-state index in [4.69, 9.17) is 4.52 Å². The van der Waals surface area contributed by atoms with Crippen molar-refractivity contribution in [2.75, 3.05) is 0 Å². The summed E-state index contributed by atoms with van der Waals surface area (Å²) in [6, 6.07) is 0.562. The molecule has 0 aliphatic carbocycles. The molecule has 0 bridgehead atoms. The molecule has 1 aromatic rings. The van der Waals surface area contributed by atoms with Gasteiger partial charge in [0.2, 0.25) is 5.89 Å². The first-order valence-electron chi connectivity index (χ1n) is 5.28. The number of aromatic nitrogens is 2. The van der Waals surface area contributed by atoms with Crippen LogP contribution >= 0.6 is 0 Å². The summed E-state index contributed by atoms with van der Waals surface area (Å²) in [5, 5.41) is 7.14. The van der Waals surface area contributed by atoms with Crippen molar-refractivity contribution < 1.29 is 4.52 Å². The number of hydrogen-bond acceptors (Lipinski definition) is 4. The van der Waals surface area contributed by atoms with Crippen molar-refractivity contribution in [3.8, 4) is 0 Å². The van der Waals surface area contributed by atoms with Crippen molar-refractivity contribution in [3.63, 3.8) is 0 Å². The minimum Gasteiger partial charge on any atom is -0.338 e. The lowest BCUT2D eigenvalue weighted by Crippen LogP contribution is -2.27. The van der Waals surface area contributed by atoms with Gasteiger partial charge in [-0.1, -0.05) is 25.4 Å². The van der Waals surface area contributed by atoms with Crippen LogP contribution in [-0.2, 0) is 6.54 Å². The van der Waals surface area contributed by atoms with Gasteiger partial charge in [-0.15, -0.1) is 0 Å². The number of nitrogens with one attached hydrogen (secondary N) is 1. The Morgan fingerprint density at radius 3 is 2.71 bits per heavy atom. The smallest absolute Gasteiger partial charge is 0.240 e. The molecule has 1 unspecified atom stereocenters. The van der Waals surface area contributed by atoms with Crippen LogP contribution in [0.5, 0.6) is 0 Å². The minimum absolute atomic E-state index is 0.562. The molecule has 80 valence electrons. The van der Waals surface area contributed by atoms with Gasteiger partial charge in [0.25, 0.3) is 0 Å². The maximum atomic E-state index is 5.01. The highest BCUT2D eigenvalue weighted by atomic mass is 16.5. The van der Waals surface area contributed by atoms with Crippen molar-refractivity contribution in [2.45, 2.75) is 52.6 Å². The fraction of sp³-hybridized carbons (Fsp3) is 0.800. The Morgan fingerprint density at radius 1 is 1.43 bits per heavy atom. The second-order valence-corrected chi connectivity index (χ2v) is 3.51. The first kappa shape index (κ1) is 11.2. The van der Waals surface area contributed by atoms with Gasteiger partial charge in [0, 0.05) is 6.04 Å². The predicted octanol–water partition coefficient (Wildman–Crippen LogP) is 2.05. The molecule has 1 N–H and O–H groups in total. The monoisotopic (exact) mass is 197 g/mol. The number of nitrogens with zero attached hydrogens (tertiary/aromatic N) is 2. The maximum absolute atomic E-state index is 5.01. The van der Waals surface area contributed by atoms with Crippen molar-refractivity contribution in [1.29, 1.82) is 0 Å². The molecule has 0 aliphatic rings. The molecule has 1 aromatic heterocycles. The largest absolute Gasteiger partial charge is 0.338 e. The molecular formula is C10H19N3O. The van der Waals surface area contributed by atoms with E-state index in [0.717, 1.165) is 6.42 Å². The Morgan fingerprint density at radius 2 is 2.21 bits per heavy atom. The molecule has 14 heavy (non-hydrogen) atoms. The van der Waals surface area contributed by atoms with Crippen molar-refractivity contribution in [3.05, 3.63) is 11.7 Å². The van der Waals surface area contributed by atoms with Crippen LogP contribution in [0.2, 0.25) is 0 Å². The molecule has 1 atom stereocenters. The molecular weight excluding hydrogens is 178 g/mol. The first-order valence-corrected chi connectivity index (χ1v) is 5.28. The number of rotatable bonds is 6. The lowest BCUT2D eigenvalue weighted by molar-refractivity contribution is 0.347. The average Bonchev–Trinajstić information content (AvgIpc) is 2.59. The van der Waals surface area contributed by atoms with Crippen molar-refractivity contribution in [2.24, 2.45) is 0 Å². The van der Waals surface area contributed by atoms with Gasteiger partial charge < -0.3 is 9.84 Å². The van der Waals surface area contributed by atoms with Crippen LogP contribution < -0.4 is 5.32 Å². The van der Waals surface area contributed by atoms with Crippen LogP contribution in [0.1, 0.15) is 44.8 Å². The summed E-state index contributed by atoms with van der Waals surface area (Å²) in [7, 11) is 0. The van der Waals surface area contributed by atoms with Crippen LogP contribution in [0, 0.1) is 6.92 Å². The summed E-state index contributed by atoms with van der Waals surface area (Å²) in [6.45, 7) is 6.89. The van der Waals surface area contributed by atoms with Gasteiger partial charge in [-0.05, 0) is 19.8 Å². The molecule has 0 aliphatic heterocycles. The molecule has 1 rings (SSSR count). The zero-order valence-corrected chi connectivity index (χ0v) is 9.21. The molecule has 0 spiro atoms. The zero-order chi connectivity index (χ0) is 10.4. The highest BCUT2D eigenvalue weighted by molar-refractivity contribution is 4.82. The first-order chi connectivity index (χ1) is 6.76. The summed E-state index contributed by atoms with van der Waals surface area (Å²) in [5.41, 5.74) is 0. The van der Waals surface area contributed by atoms with Gasteiger partial charge in [-0.25, -0.2) is 0 Å². The summed E-state index contributed by atoms with van der Waals surface area (Å²) in [4.78, 5) is 4.14. The molecule has 4 nitrogen and oxygen atoms in total. The van der Waals surface area contributed by atoms with Crippen LogP contribution in [0.15, 0.2) is 4.52 Å². The summed E-state index contributed by atoms with van der Waals surface area (Å²) in [5.74, 6) is 1.38. The SMILES string of the molecule is CCCC(CC)NCc1nc(C)no1. The lowest BCUT2D eigenvalue weighted by Gasteiger charge is -2.13. The van der Waals surface area contributed by atoms with E-state index in [-0.39, 0.29) is 0 Å². The second-order valence-electron chi connectivity index (χ2n) is 3.51. The molecule has 0 saturated heterocycles. The van der Waals surface area contributed by atoms with E-state index in [2.05, 4.69) is 29.3 Å². The zero-order valence-electron chi connectivity index (χ0n) is 9.21. The fourth-order valence-corrected chi connectivity index (χ4v) is 1.44. The fourth-order valence-electron chi connectivity index (χ4n) is 1.44. The standard InChI is InChI=1S/C10H19N3O/c1-4-6-9(5-2)11-7-10-12-8(3)13-14-10/h9,11H,4-7H2,1-3H3. The molecule has 0 fully saturated rings. The Labute approximate surface area is 85.1 Å². The van der Waals surface area contributed by atoms with Gasteiger partial charge in [-0.3, -0.25) is 0 Å². The summed E-state index contributed by atoms with van der Waals surface area (Å²) in [6.07, 6.45) is 3.54. The van der Waals surface area contributed by atoms with Crippen LogP contribution in [0.25, 0.3) is 0 Å². The highest BCUT2D eigenvalue weighted by Crippen LogP contribution is 2.03. The van der Waals surface area contributed by atoms with Crippen LogP contribution in [0.4, 0.5) is 0 Å². The van der Waals surface area contributed by atoms with E-state index in [0.29, 0.717) is 24.3 Å². The van der Waals surface area contributed by atoms with Gasteiger partial charge in [0.15, 0.2) is 5.82 Å². The predicted molar refractivity (Wildman–Crippen MR) is 54.9 cm³/mol.